The zero-order valence-electron chi connectivity index (χ0n) is 11.9. The summed E-state index contributed by atoms with van der Waals surface area (Å²) in [6, 6.07) is 1.55. The van der Waals surface area contributed by atoms with Crippen LogP contribution < -0.4 is 10.6 Å². The van der Waals surface area contributed by atoms with Gasteiger partial charge in [-0.1, -0.05) is 0 Å². The minimum absolute atomic E-state index is 0.343. The number of rotatable bonds is 2. The van der Waals surface area contributed by atoms with Gasteiger partial charge in [-0.05, 0) is 25.3 Å². The van der Waals surface area contributed by atoms with E-state index in [0.29, 0.717) is 5.52 Å². The topological polar surface area (TPSA) is 101 Å². The molecule has 3 aromatic rings. The Morgan fingerprint density at radius 3 is 3.18 bits per heavy atom. The van der Waals surface area contributed by atoms with E-state index in [2.05, 4.69) is 20.2 Å². The zero-order chi connectivity index (χ0) is 15.1. The Labute approximate surface area is 126 Å². The van der Waals surface area contributed by atoms with Crippen molar-refractivity contribution in [2.24, 2.45) is 5.73 Å². The fraction of sp³-hybridized carbons (Fsp3) is 0.267. The van der Waals surface area contributed by atoms with Gasteiger partial charge >= 0.3 is 0 Å². The molecule has 1 unspecified atom stereocenters. The highest BCUT2D eigenvalue weighted by Crippen LogP contribution is 2.33. The molecule has 0 saturated carbocycles. The van der Waals surface area contributed by atoms with E-state index >= 15 is 0 Å². The van der Waals surface area contributed by atoms with Gasteiger partial charge in [-0.25, -0.2) is 4.98 Å². The van der Waals surface area contributed by atoms with Gasteiger partial charge in [0.25, 0.3) is 0 Å². The molecule has 3 N–H and O–H groups in total. The Morgan fingerprint density at radius 2 is 2.32 bits per heavy atom. The van der Waals surface area contributed by atoms with E-state index in [9.17, 15) is 4.79 Å². The van der Waals surface area contributed by atoms with Gasteiger partial charge in [0.15, 0.2) is 0 Å². The number of anilines is 1. The number of nitrogens with zero attached hydrogens (tertiary/aromatic N) is 4. The number of piperidine rings is 1. The highest BCUT2D eigenvalue weighted by molar-refractivity contribution is 6.10. The Balaban J connectivity index is 1.97. The molecule has 1 aliphatic rings. The second kappa shape index (κ2) is 4.94. The molecule has 3 aromatic heterocycles. The summed E-state index contributed by atoms with van der Waals surface area (Å²) in [4.78, 5) is 21.2. The van der Waals surface area contributed by atoms with Crippen molar-refractivity contribution in [3.05, 3.63) is 31.1 Å². The van der Waals surface area contributed by atoms with Crippen LogP contribution >= 0.6 is 0 Å². The van der Waals surface area contributed by atoms with Crippen LogP contribution in [-0.4, -0.2) is 38.7 Å². The Hall–Kier alpha value is -2.70. The highest BCUT2D eigenvalue weighted by Gasteiger charge is 2.29. The van der Waals surface area contributed by atoms with Crippen molar-refractivity contribution in [2.45, 2.75) is 18.9 Å². The van der Waals surface area contributed by atoms with Crippen LogP contribution in [0.15, 0.2) is 24.7 Å². The summed E-state index contributed by atoms with van der Waals surface area (Å²) in [7, 11) is 0. The molecule has 1 aliphatic heterocycles. The number of carbonyl (C=O) groups excluding carboxylic acids is 1. The molecule has 0 spiro atoms. The number of carbonyl (C=O) groups is 1. The average Bonchev–Trinajstić information content (AvgIpc) is 3.03. The molecular formula is C15H15N6O. The van der Waals surface area contributed by atoms with E-state index in [1.165, 1.54) is 0 Å². The van der Waals surface area contributed by atoms with Gasteiger partial charge in [-0.3, -0.25) is 4.79 Å². The summed E-state index contributed by atoms with van der Waals surface area (Å²) in [5, 5.41) is 10.1. The van der Waals surface area contributed by atoms with Gasteiger partial charge < -0.3 is 15.6 Å². The van der Waals surface area contributed by atoms with Crippen molar-refractivity contribution in [3.8, 4) is 0 Å². The Kier molecular flexibility index (Phi) is 2.92. The summed E-state index contributed by atoms with van der Waals surface area (Å²) in [5.41, 5.74) is 7.93. The lowest BCUT2D eigenvalue weighted by molar-refractivity contribution is -0.118. The number of fused-ring (bicyclic) bond motifs is 3. The molecule has 7 nitrogen and oxygen atoms in total. The molecule has 4 heterocycles. The minimum atomic E-state index is -0.414. The summed E-state index contributed by atoms with van der Waals surface area (Å²) >= 11 is 0. The molecule has 1 radical (unpaired) electrons. The molecule has 0 bridgehead atoms. The van der Waals surface area contributed by atoms with E-state index in [4.69, 9.17) is 5.73 Å². The molecular weight excluding hydrogens is 280 g/mol. The number of H-pyrrole nitrogens is 1. The van der Waals surface area contributed by atoms with Crippen LogP contribution in [-0.2, 0) is 4.79 Å². The van der Waals surface area contributed by atoms with Gasteiger partial charge in [0.1, 0.15) is 17.2 Å². The summed E-state index contributed by atoms with van der Waals surface area (Å²) in [5.74, 6) is -0.343. The van der Waals surface area contributed by atoms with Crippen LogP contribution in [0.5, 0.6) is 0 Å². The largest absolute Gasteiger partial charge is 0.368 e. The molecule has 22 heavy (non-hydrogen) atoms. The summed E-state index contributed by atoms with van der Waals surface area (Å²) < 4.78 is 0. The number of primary amides is 1. The molecule has 7 heteroatoms. The van der Waals surface area contributed by atoms with Gasteiger partial charge in [0.2, 0.25) is 5.91 Å². The SMILES string of the molecule is NC(=O)C1[CH]CCCN1c1cnnc2cnc3[nH]ccc3c12. The van der Waals surface area contributed by atoms with Crippen LogP contribution in [0, 0.1) is 6.42 Å². The number of aromatic amines is 1. The fourth-order valence-corrected chi connectivity index (χ4v) is 3.11. The van der Waals surface area contributed by atoms with Crippen molar-refractivity contribution in [1.29, 1.82) is 0 Å². The normalized spacial score (nSPS) is 18.9. The van der Waals surface area contributed by atoms with Crippen LogP contribution in [0.3, 0.4) is 0 Å². The quantitative estimate of drug-likeness (QED) is 0.739. The number of amides is 1. The number of hydrogen-bond donors (Lipinski definition) is 2. The average molecular weight is 295 g/mol. The first kappa shape index (κ1) is 13.0. The molecule has 1 fully saturated rings. The van der Waals surface area contributed by atoms with Crippen molar-refractivity contribution in [2.75, 3.05) is 11.4 Å². The van der Waals surface area contributed by atoms with E-state index in [1.807, 2.05) is 23.6 Å². The molecule has 1 saturated heterocycles. The highest BCUT2D eigenvalue weighted by atomic mass is 16.1. The minimum Gasteiger partial charge on any atom is -0.368 e. The van der Waals surface area contributed by atoms with Crippen molar-refractivity contribution in [3.63, 3.8) is 0 Å². The maximum Gasteiger partial charge on any atom is 0.240 e. The number of aromatic nitrogens is 4. The third kappa shape index (κ3) is 1.89. The Morgan fingerprint density at radius 1 is 1.41 bits per heavy atom. The standard InChI is InChI=1S/C15H15N6O/c16-14(22)11-3-1-2-6-21(11)12-8-19-20-10-7-18-15-9(13(10)12)4-5-17-15/h3-5,7-8,11H,1-2,6H2,(H2,16,22)(H,17,18). The molecule has 4 rings (SSSR count). The predicted molar refractivity (Wildman–Crippen MR) is 83.1 cm³/mol. The molecule has 1 atom stereocenters. The van der Waals surface area contributed by atoms with Gasteiger partial charge in [-0.15, -0.1) is 5.10 Å². The Bertz CT molecular complexity index is 857. The number of nitrogens with one attached hydrogen (secondary N) is 1. The maximum atomic E-state index is 11.8. The third-order valence-corrected chi connectivity index (χ3v) is 4.10. The van der Waals surface area contributed by atoms with Crippen LogP contribution in [0.25, 0.3) is 21.9 Å². The van der Waals surface area contributed by atoms with Crippen molar-refractivity contribution in [1.82, 2.24) is 20.2 Å². The number of nitrogens with two attached hydrogens (primary N) is 1. The van der Waals surface area contributed by atoms with Crippen LogP contribution in [0.4, 0.5) is 5.69 Å². The predicted octanol–water partition coefficient (Wildman–Crippen LogP) is 1.16. The number of pyridine rings is 1. The monoisotopic (exact) mass is 295 g/mol. The van der Waals surface area contributed by atoms with E-state index in [0.717, 1.165) is 41.5 Å². The van der Waals surface area contributed by atoms with Gasteiger partial charge in [-0.2, -0.15) is 5.10 Å². The molecule has 1 amide bonds. The smallest absolute Gasteiger partial charge is 0.240 e. The first-order valence-electron chi connectivity index (χ1n) is 7.22. The lowest BCUT2D eigenvalue weighted by Gasteiger charge is -2.35. The second-order valence-electron chi connectivity index (χ2n) is 5.41. The van der Waals surface area contributed by atoms with E-state index < -0.39 is 6.04 Å². The van der Waals surface area contributed by atoms with Crippen molar-refractivity contribution < 1.29 is 4.79 Å². The first-order valence-corrected chi connectivity index (χ1v) is 7.22. The van der Waals surface area contributed by atoms with Gasteiger partial charge in [0.05, 0.1) is 18.1 Å². The third-order valence-electron chi connectivity index (χ3n) is 4.10. The first-order chi connectivity index (χ1) is 10.8. The lowest BCUT2D eigenvalue weighted by atomic mass is 10.00. The zero-order valence-corrected chi connectivity index (χ0v) is 11.9. The van der Waals surface area contributed by atoms with Crippen LogP contribution in [0.2, 0.25) is 0 Å². The fourth-order valence-electron chi connectivity index (χ4n) is 3.11. The summed E-state index contributed by atoms with van der Waals surface area (Å²) in [6.45, 7) is 0.763. The molecule has 111 valence electrons. The van der Waals surface area contributed by atoms with Gasteiger partial charge in [0, 0.05) is 23.5 Å². The van der Waals surface area contributed by atoms with E-state index in [1.54, 1.807) is 12.4 Å². The second-order valence-corrected chi connectivity index (χ2v) is 5.41. The lowest BCUT2D eigenvalue weighted by Crippen LogP contribution is -2.48. The van der Waals surface area contributed by atoms with Crippen LogP contribution in [0.1, 0.15) is 12.8 Å². The maximum absolute atomic E-state index is 11.8. The molecule has 0 aromatic carbocycles. The number of hydrogen-bond acceptors (Lipinski definition) is 5. The molecule has 0 aliphatic carbocycles. The summed E-state index contributed by atoms with van der Waals surface area (Å²) in [6.07, 6.45) is 9.07. The van der Waals surface area contributed by atoms with Crippen molar-refractivity contribution >= 4 is 33.5 Å². The van der Waals surface area contributed by atoms with E-state index in [-0.39, 0.29) is 5.91 Å².